The van der Waals surface area contributed by atoms with Crippen LogP contribution < -0.4 is 10.6 Å². The number of nitrogens with zero attached hydrogens (tertiary/aromatic N) is 1. The molecular formula is C22H23N3O4. The largest absolute Gasteiger partial charge is 0.451 e. The maximum Gasteiger partial charge on any atom is 0.291 e. The monoisotopic (exact) mass is 393 g/mol. The molecule has 2 aromatic carbocycles. The van der Waals surface area contributed by atoms with Crippen LogP contribution in [0.4, 0.5) is 11.4 Å². The first-order chi connectivity index (χ1) is 14.1. The molecule has 0 radical (unpaired) electrons. The molecule has 1 fully saturated rings. The second kappa shape index (κ2) is 8.46. The van der Waals surface area contributed by atoms with Gasteiger partial charge in [-0.05, 0) is 49.4 Å². The van der Waals surface area contributed by atoms with E-state index in [1.807, 2.05) is 25.1 Å². The smallest absolute Gasteiger partial charge is 0.291 e. The van der Waals surface area contributed by atoms with Crippen LogP contribution in [0.2, 0.25) is 0 Å². The Balaban J connectivity index is 1.34. The van der Waals surface area contributed by atoms with Crippen molar-refractivity contribution in [2.45, 2.75) is 6.92 Å². The fraction of sp³-hybridized carbons (Fsp3) is 0.273. The molecular weight excluding hydrogens is 370 g/mol. The lowest BCUT2D eigenvalue weighted by Crippen LogP contribution is -2.41. The van der Waals surface area contributed by atoms with E-state index in [2.05, 4.69) is 15.5 Å². The van der Waals surface area contributed by atoms with Crippen molar-refractivity contribution in [2.75, 3.05) is 43.5 Å². The van der Waals surface area contributed by atoms with Gasteiger partial charge in [0.2, 0.25) is 5.91 Å². The Morgan fingerprint density at radius 2 is 1.66 bits per heavy atom. The average molecular weight is 393 g/mol. The van der Waals surface area contributed by atoms with Crippen molar-refractivity contribution in [3.63, 3.8) is 0 Å². The number of ether oxygens (including phenoxy) is 1. The van der Waals surface area contributed by atoms with E-state index < -0.39 is 0 Å². The number of anilines is 2. The Hall–Kier alpha value is -3.16. The van der Waals surface area contributed by atoms with Gasteiger partial charge in [-0.3, -0.25) is 14.5 Å². The van der Waals surface area contributed by atoms with Crippen molar-refractivity contribution < 1.29 is 18.7 Å². The SMILES string of the molecule is Cc1ccc2oc(C(=O)Nc3ccc(NC(=O)CN4CCOCC4)cc3)cc2c1. The molecule has 1 aliphatic heterocycles. The number of benzene rings is 2. The first-order valence-corrected chi connectivity index (χ1v) is 9.58. The van der Waals surface area contributed by atoms with Crippen LogP contribution in [0.1, 0.15) is 16.1 Å². The van der Waals surface area contributed by atoms with Crippen LogP contribution in [-0.4, -0.2) is 49.6 Å². The van der Waals surface area contributed by atoms with Gasteiger partial charge in [0.15, 0.2) is 5.76 Å². The molecule has 2 N–H and O–H groups in total. The number of nitrogens with one attached hydrogen (secondary N) is 2. The zero-order valence-electron chi connectivity index (χ0n) is 16.2. The molecule has 4 rings (SSSR count). The van der Waals surface area contributed by atoms with Gasteiger partial charge in [-0.1, -0.05) is 11.6 Å². The first-order valence-electron chi connectivity index (χ1n) is 9.58. The molecule has 0 atom stereocenters. The van der Waals surface area contributed by atoms with Crippen molar-refractivity contribution in [1.29, 1.82) is 0 Å². The van der Waals surface area contributed by atoms with E-state index in [0.717, 1.165) is 24.0 Å². The predicted octanol–water partition coefficient (Wildman–Crippen LogP) is 3.26. The number of hydrogen-bond donors (Lipinski definition) is 2. The second-order valence-electron chi connectivity index (χ2n) is 7.12. The summed E-state index contributed by atoms with van der Waals surface area (Å²) >= 11 is 0. The molecule has 0 spiro atoms. The molecule has 1 aliphatic rings. The normalized spacial score (nSPS) is 14.7. The molecule has 0 unspecified atom stereocenters. The molecule has 3 aromatic rings. The molecule has 1 aromatic heterocycles. The average Bonchev–Trinajstić information content (AvgIpc) is 3.13. The van der Waals surface area contributed by atoms with Gasteiger partial charge in [-0.15, -0.1) is 0 Å². The third kappa shape index (κ3) is 4.82. The lowest BCUT2D eigenvalue weighted by molar-refractivity contribution is -0.118. The summed E-state index contributed by atoms with van der Waals surface area (Å²) in [5.41, 5.74) is 3.09. The van der Waals surface area contributed by atoms with Crippen LogP contribution in [0.5, 0.6) is 0 Å². The van der Waals surface area contributed by atoms with Crippen LogP contribution in [-0.2, 0) is 9.53 Å². The van der Waals surface area contributed by atoms with Crippen molar-refractivity contribution in [2.24, 2.45) is 0 Å². The molecule has 0 saturated carbocycles. The van der Waals surface area contributed by atoms with E-state index in [-0.39, 0.29) is 17.6 Å². The summed E-state index contributed by atoms with van der Waals surface area (Å²) < 4.78 is 10.9. The summed E-state index contributed by atoms with van der Waals surface area (Å²) in [4.78, 5) is 26.7. The fourth-order valence-electron chi connectivity index (χ4n) is 3.27. The summed E-state index contributed by atoms with van der Waals surface area (Å²) in [5, 5.41) is 6.58. The third-order valence-electron chi connectivity index (χ3n) is 4.79. The number of rotatable bonds is 5. The number of morpholine rings is 1. The highest BCUT2D eigenvalue weighted by molar-refractivity contribution is 6.04. The van der Waals surface area contributed by atoms with Crippen molar-refractivity contribution in [1.82, 2.24) is 4.90 Å². The van der Waals surface area contributed by atoms with Crippen LogP contribution in [0, 0.1) is 6.92 Å². The zero-order valence-corrected chi connectivity index (χ0v) is 16.2. The second-order valence-corrected chi connectivity index (χ2v) is 7.12. The molecule has 2 heterocycles. The minimum Gasteiger partial charge on any atom is -0.451 e. The van der Waals surface area contributed by atoms with Crippen LogP contribution >= 0.6 is 0 Å². The van der Waals surface area contributed by atoms with Gasteiger partial charge < -0.3 is 19.8 Å². The Labute approximate surface area is 168 Å². The van der Waals surface area contributed by atoms with E-state index in [1.165, 1.54) is 0 Å². The quantitative estimate of drug-likeness (QED) is 0.695. The van der Waals surface area contributed by atoms with E-state index in [9.17, 15) is 9.59 Å². The van der Waals surface area contributed by atoms with Crippen LogP contribution in [0.25, 0.3) is 11.0 Å². The number of aryl methyl sites for hydroxylation is 1. The summed E-state index contributed by atoms with van der Waals surface area (Å²) in [5.74, 6) is -0.127. The fourth-order valence-corrected chi connectivity index (χ4v) is 3.27. The van der Waals surface area contributed by atoms with E-state index >= 15 is 0 Å². The molecule has 2 amide bonds. The minimum atomic E-state index is -0.317. The Kier molecular flexibility index (Phi) is 5.59. The van der Waals surface area contributed by atoms with Crippen LogP contribution in [0.3, 0.4) is 0 Å². The van der Waals surface area contributed by atoms with E-state index in [1.54, 1.807) is 30.3 Å². The first kappa shape index (κ1) is 19.2. The van der Waals surface area contributed by atoms with Crippen molar-refractivity contribution in [3.05, 3.63) is 59.9 Å². The number of hydrogen-bond acceptors (Lipinski definition) is 5. The highest BCUT2D eigenvalue weighted by Crippen LogP contribution is 2.22. The molecule has 7 heteroatoms. The molecule has 0 aliphatic carbocycles. The molecule has 29 heavy (non-hydrogen) atoms. The highest BCUT2D eigenvalue weighted by Gasteiger charge is 2.15. The number of fused-ring (bicyclic) bond motifs is 1. The molecule has 0 bridgehead atoms. The maximum atomic E-state index is 12.5. The van der Waals surface area contributed by atoms with Crippen LogP contribution in [0.15, 0.2) is 52.9 Å². The minimum absolute atomic E-state index is 0.0683. The summed E-state index contributed by atoms with van der Waals surface area (Å²) in [7, 11) is 0. The molecule has 7 nitrogen and oxygen atoms in total. The van der Waals surface area contributed by atoms with Gasteiger partial charge in [-0.25, -0.2) is 0 Å². The Morgan fingerprint density at radius 1 is 0.966 bits per heavy atom. The Bertz CT molecular complexity index is 1020. The molecule has 150 valence electrons. The maximum absolute atomic E-state index is 12.5. The highest BCUT2D eigenvalue weighted by atomic mass is 16.5. The van der Waals surface area contributed by atoms with Crippen molar-refractivity contribution >= 4 is 34.2 Å². The number of furan rings is 1. The van der Waals surface area contributed by atoms with Gasteiger partial charge in [0.25, 0.3) is 5.91 Å². The number of carbonyl (C=O) groups excluding carboxylic acids is 2. The third-order valence-corrected chi connectivity index (χ3v) is 4.79. The summed E-state index contributed by atoms with van der Waals surface area (Å²) in [6.45, 7) is 5.18. The summed E-state index contributed by atoms with van der Waals surface area (Å²) in [6.07, 6.45) is 0. The zero-order chi connectivity index (χ0) is 20.2. The van der Waals surface area contributed by atoms with Gasteiger partial charge in [0, 0.05) is 29.9 Å². The Morgan fingerprint density at radius 3 is 2.38 bits per heavy atom. The lowest BCUT2D eigenvalue weighted by Gasteiger charge is -2.25. The van der Waals surface area contributed by atoms with Gasteiger partial charge in [0.1, 0.15) is 5.58 Å². The van der Waals surface area contributed by atoms with E-state index in [0.29, 0.717) is 36.7 Å². The topological polar surface area (TPSA) is 83.8 Å². The van der Waals surface area contributed by atoms with E-state index in [4.69, 9.17) is 9.15 Å². The summed E-state index contributed by atoms with van der Waals surface area (Å²) in [6, 6.07) is 14.5. The number of carbonyl (C=O) groups is 2. The predicted molar refractivity (Wildman–Crippen MR) is 111 cm³/mol. The standard InChI is InChI=1S/C22H23N3O4/c1-15-2-7-19-16(12-15)13-20(29-19)22(27)24-18-5-3-17(4-6-18)23-21(26)14-25-8-10-28-11-9-25/h2-7,12-13H,8-11,14H2,1H3,(H,23,26)(H,24,27). The van der Waals surface area contributed by atoms with Gasteiger partial charge in [0.05, 0.1) is 19.8 Å². The molecule has 1 saturated heterocycles. The van der Waals surface area contributed by atoms with Gasteiger partial charge in [-0.2, -0.15) is 0 Å². The van der Waals surface area contributed by atoms with Gasteiger partial charge >= 0.3 is 0 Å². The van der Waals surface area contributed by atoms with Crippen molar-refractivity contribution in [3.8, 4) is 0 Å². The number of amides is 2. The lowest BCUT2D eigenvalue weighted by atomic mass is 10.2.